The average Bonchev–Trinajstić information content (AvgIpc) is 2.38. The van der Waals surface area contributed by atoms with Gasteiger partial charge in [0.15, 0.2) is 5.82 Å². The summed E-state index contributed by atoms with van der Waals surface area (Å²) in [7, 11) is 1.67. The summed E-state index contributed by atoms with van der Waals surface area (Å²) in [5, 5.41) is 3.13. The van der Waals surface area contributed by atoms with Crippen LogP contribution in [0.4, 0.5) is 24.9 Å². The largest absolute Gasteiger partial charge is 0.391 e. The Morgan fingerprint density at radius 2 is 2.00 bits per heavy atom. The van der Waals surface area contributed by atoms with Crippen molar-refractivity contribution in [3.8, 4) is 0 Å². The van der Waals surface area contributed by atoms with Gasteiger partial charge in [0, 0.05) is 20.1 Å². The molecule has 8 heteroatoms. The highest BCUT2D eigenvalue weighted by Gasteiger charge is 2.41. The van der Waals surface area contributed by atoms with Crippen LogP contribution in [0, 0.1) is 5.92 Å². The van der Waals surface area contributed by atoms with Crippen molar-refractivity contribution in [2.45, 2.75) is 19.0 Å². The van der Waals surface area contributed by atoms with Gasteiger partial charge in [-0.3, -0.25) is 0 Å². The van der Waals surface area contributed by atoms with Crippen molar-refractivity contribution in [3.05, 3.63) is 11.2 Å². The molecule has 0 radical (unpaired) electrons. The van der Waals surface area contributed by atoms with E-state index >= 15 is 0 Å². The molecule has 0 spiro atoms. The predicted octanol–water partition coefficient (Wildman–Crippen LogP) is 2.95. The monoisotopic (exact) mass is 294 g/mol. The van der Waals surface area contributed by atoms with E-state index in [9.17, 15) is 13.2 Å². The molecule has 1 N–H and O–H groups in total. The molecule has 1 aliphatic heterocycles. The minimum Gasteiger partial charge on any atom is -0.357 e. The van der Waals surface area contributed by atoms with E-state index in [2.05, 4.69) is 15.3 Å². The van der Waals surface area contributed by atoms with E-state index in [1.807, 2.05) is 0 Å². The van der Waals surface area contributed by atoms with Gasteiger partial charge in [-0.05, 0) is 12.8 Å². The zero-order valence-electron chi connectivity index (χ0n) is 10.3. The molecule has 4 nitrogen and oxygen atoms in total. The highest BCUT2D eigenvalue weighted by atomic mass is 35.5. The van der Waals surface area contributed by atoms with Crippen LogP contribution >= 0.6 is 11.6 Å². The van der Waals surface area contributed by atoms with Crippen molar-refractivity contribution in [2.75, 3.05) is 30.4 Å². The van der Waals surface area contributed by atoms with Crippen LogP contribution in [0.15, 0.2) is 6.20 Å². The topological polar surface area (TPSA) is 41.1 Å². The van der Waals surface area contributed by atoms with Gasteiger partial charge in [-0.2, -0.15) is 18.2 Å². The van der Waals surface area contributed by atoms with Crippen LogP contribution in [-0.2, 0) is 0 Å². The summed E-state index contributed by atoms with van der Waals surface area (Å²) >= 11 is 6.00. The van der Waals surface area contributed by atoms with Crippen molar-refractivity contribution in [3.63, 3.8) is 0 Å². The summed E-state index contributed by atoms with van der Waals surface area (Å²) < 4.78 is 37.8. The second-order valence-corrected chi connectivity index (χ2v) is 4.83. The summed E-state index contributed by atoms with van der Waals surface area (Å²) in [5.41, 5.74) is 0. The summed E-state index contributed by atoms with van der Waals surface area (Å²) in [4.78, 5) is 9.91. The van der Waals surface area contributed by atoms with E-state index in [4.69, 9.17) is 11.6 Å². The van der Waals surface area contributed by atoms with Crippen LogP contribution < -0.4 is 10.2 Å². The maximum Gasteiger partial charge on any atom is 0.391 e. The van der Waals surface area contributed by atoms with Crippen molar-refractivity contribution in [1.82, 2.24) is 9.97 Å². The normalized spacial score (nSPS) is 17.6. The van der Waals surface area contributed by atoms with Gasteiger partial charge in [-0.1, -0.05) is 11.6 Å². The van der Waals surface area contributed by atoms with E-state index in [-0.39, 0.29) is 12.8 Å². The van der Waals surface area contributed by atoms with E-state index in [0.717, 1.165) is 0 Å². The van der Waals surface area contributed by atoms with Gasteiger partial charge in [0.1, 0.15) is 5.02 Å². The Balaban J connectivity index is 2.09. The minimum absolute atomic E-state index is 0.0682. The maximum atomic E-state index is 12.6. The molecule has 0 aromatic carbocycles. The number of piperidine rings is 1. The molecular weight excluding hydrogens is 281 g/mol. The molecule has 1 aliphatic rings. The molecule has 19 heavy (non-hydrogen) atoms. The molecule has 0 saturated carbocycles. The Hall–Kier alpha value is -1.24. The van der Waals surface area contributed by atoms with Crippen LogP contribution in [0.5, 0.6) is 0 Å². The van der Waals surface area contributed by atoms with Gasteiger partial charge in [-0.15, -0.1) is 0 Å². The third-order valence-corrected chi connectivity index (χ3v) is 3.47. The van der Waals surface area contributed by atoms with Crippen LogP contribution in [0.2, 0.25) is 5.02 Å². The van der Waals surface area contributed by atoms with E-state index in [0.29, 0.717) is 29.9 Å². The van der Waals surface area contributed by atoms with E-state index in [1.165, 1.54) is 6.20 Å². The van der Waals surface area contributed by atoms with Gasteiger partial charge in [-0.25, -0.2) is 4.98 Å². The minimum atomic E-state index is -4.11. The number of rotatable bonds is 2. The number of hydrogen-bond donors (Lipinski definition) is 1. The van der Waals surface area contributed by atoms with Crippen LogP contribution in [0.1, 0.15) is 12.8 Å². The van der Waals surface area contributed by atoms with Gasteiger partial charge in [0.05, 0.1) is 12.1 Å². The van der Waals surface area contributed by atoms with Crippen LogP contribution in [0.3, 0.4) is 0 Å². The first-order valence-electron chi connectivity index (χ1n) is 5.93. The Bertz CT molecular complexity index is 444. The third-order valence-electron chi connectivity index (χ3n) is 3.21. The first kappa shape index (κ1) is 14.2. The molecule has 0 unspecified atom stereocenters. The highest BCUT2D eigenvalue weighted by Crippen LogP contribution is 2.36. The van der Waals surface area contributed by atoms with Crippen molar-refractivity contribution < 1.29 is 13.2 Å². The molecule has 0 bridgehead atoms. The molecule has 2 heterocycles. The summed E-state index contributed by atoms with van der Waals surface area (Å²) in [6, 6.07) is 0. The lowest BCUT2D eigenvalue weighted by Crippen LogP contribution is -2.39. The number of nitrogens with zero attached hydrogens (tertiary/aromatic N) is 3. The average molecular weight is 295 g/mol. The Kier molecular flexibility index (Phi) is 4.03. The van der Waals surface area contributed by atoms with Crippen molar-refractivity contribution in [1.29, 1.82) is 0 Å². The lowest BCUT2D eigenvalue weighted by Gasteiger charge is -2.34. The quantitative estimate of drug-likeness (QED) is 0.910. The van der Waals surface area contributed by atoms with Gasteiger partial charge >= 0.3 is 6.18 Å². The lowest BCUT2D eigenvalue weighted by atomic mass is 9.96. The summed E-state index contributed by atoms with van der Waals surface area (Å²) in [5.74, 6) is -0.341. The fraction of sp³-hybridized carbons (Fsp3) is 0.636. The molecular formula is C11H14ClF3N4. The molecule has 1 aromatic rings. The molecule has 0 aliphatic carbocycles. The second-order valence-electron chi connectivity index (χ2n) is 4.42. The fourth-order valence-electron chi connectivity index (χ4n) is 2.12. The number of nitrogens with one attached hydrogen (secondary N) is 1. The fourth-order valence-corrected chi connectivity index (χ4v) is 2.33. The zero-order chi connectivity index (χ0) is 14.0. The number of alkyl halides is 3. The third kappa shape index (κ3) is 3.20. The number of aromatic nitrogens is 2. The molecule has 1 aromatic heterocycles. The predicted molar refractivity (Wildman–Crippen MR) is 67.6 cm³/mol. The number of halogens is 4. The standard InChI is InChI=1S/C11H14ClF3N4/c1-16-10-17-6-8(12)9(18-10)19-4-2-7(3-5-19)11(13,14)15/h6-7H,2-5H2,1H3,(H,16,17,18). The van der Waals surface area contributed by atoms with Gasteiger partial charge < -0.3 is 10.2 Å². The van der Waals surface area contributed by atoms with Gasteiger partial charge in [0.2, 0.25) is 5.95 Å². The lowest BCUT2D eigenvalue weighted by molar-refractivity contribution is -0.179. The molecule has 106 valence electrons. The molecule has 1 fully saturated rings. The summed E-state index contributed by atoms with van der Waals surface area (Å²) in [6.07, 6.45) is -2.53. The van der Waals surface area contributed by atoms with Crippen molar-refractivity contribution in [2.24, 2.45) is 5.92 Å². The Morgan fingerprint density at radius 1 is 1.37 bits per heavy atom. The molecule has 0 atom stereocenters. The molecule has 0 amide bonds. The molecule has 2 rings (SSSR count). The van der Waals surface area contributed by atoms with Crippen LogP contribution in [0.25, 0.3) is 0 Å². The number of anilines is 2. The van der Waals surface area contributed by atoms with E-state index in [1.54, 1.807) is 11.9 Å². The molecule has 1 saturated heterocycles. The first-order chi connectivity index (χ1) is 8.91. The Labute approximate surface area is 114 Å². The summed E-state index contributed by atoms with van der Waals surface area (Å²) in [6.45, 7) is 0.591. The number of hydrogen-bond acceptors (Lipinski definition) is 4. The van der Waals surface area contributed by atoms with E-state index < -0.39 is 12.1 Å². The van der Waals surface area contributed by atoms with Crippen molar-refractivity contribution >= 4 is 23.4 Å². The van der Waals surface area contributed by atoms with Gasteiger partial charge in [0.25, 0.3) is 0 Å². The SMILES string of the molecule is CNc1ncc(Cl)c(N2CCC(C(F)(F)F)CC2)n1. The second kappa shape index (κ2) is 5.40. The Morgan fingerprint density at radius 3 is 2.53 bits per heavy atom. The smallest absolute Gasteiger partial charge is 0.357 e. The maximum absolute atomic E-state index is 12.6. The zero-order valence-corrected chi connectivity index (χ0v) is 11.1. The van der Waals surface area contributed by atoms with Crippen LogP contribution in [-0.4, -0.2) is 36.3 Å². The first-order valence-corrected chi connectivity index (χ1v) is 6.31. The highest BCUT2D eigenvalue weighted by molar-refractivity contribution is 6.32.